The van der Waals surface area contributed by atoms with Crippen LogP contribution in [0.2, 0.25) is 0 Å². The van der Waals surface area contributed by atoms with Crippen LogP contribution in [0.1, 0.15) is 30.5 Å². The van der Waals surface area contributed by atoms with Crippen LogP contribution in [0, 0.1) is 12.8 Å². The Bertz CT molecular complexity index is 1150. The first-order valence-corrected chi connectivity index (χ1v) is 11.9. The van der Waals surface area contributed by atoms with E-state index in [9.17, 15) is 4.79 Å². The minimum absolute atomic E-state index is 0.00367. The Morgan fingerprint density at radius 1 is 0.970 bits per heavy atom. The highest BCUT2D eigenvalue weighted by Gasteiger charge is 2.33. The van der Waals surface area contributed by atoms with Crippen LogP contribution in [0.4, 0.5) is 5.69 Å². The lowest BCUT2D eigenvalue weighted by molar-refractivity contribution is -0.122. The third-order valence-electron chi connectivity index (χ3n) is 5.12. The lowest BCUT2D eigenvalue weighted by Crippen LogP contribution is -2.32. The van der Waals surface area contributed by atoms with Gasteiger partial charge in [0.1, 0.15) is 12.4 Å². The maximum absolute atomic E-state index is 13.2. The van der Waals surface area contributed by atoms with Crippen molar-refractivity contribution in [1.29, 1.82) is 0 Å². The number of carbonyl (C=O) groups excluding carboxylic acids is 1. The summed E-state index contributed by atoms with van der Waals surface area (Å²) in [5, 5.41) is 0.728. The quantitative estimate of drug-likeness (QED) is 0.366. The van der Waals surface area contributed by atoms with Crippen LogP contribution in [0.3, 0.4) is 0 Å². The van der Waals surface area contributed by atoms with Gasteiger partial charge in [-0.05, 0) is 66.1 Å². The molecule has 4 nitrogen and oxygen atoms in total. The Morgan fingerprint density at radius 2 is 1.67 bits per heavy atom. The number of carbonyl (C=O) groups is 1. The van der Waals surface area contributed by atoms with E-state index in [1.807, 2.05) is 84.9 Å². The molecule has 5 heteroatoms. The summed E-state index contributed by atoms with van der Waals surface area (Å²) in [5.41, 5.74) is 4.12. The number of thioether (sulfide) groups is 1. The molecule has 3 aromatic carbocycles. The van der Waals surface area contributed by atoms with Crippen molar-refractivity contribution in [1.82, 2.24) is 4.90 Å². The molecule has 0 saturated carbocycles. The van der Waals surface area contributed by atoms with E-state index in [2.05, 4.69) is 20.8 Å². The van der Waals surface area contributed by atoms with E-state index in [4.69, 9.17) is 9.73 Å². The zero-order valence-corrected chi connectivity index (χ0v) is 20.0. The maximum Gasteiger partial charge on any atom is 0.266 e. The minimum atomic E-state index is 0.00367. The predicted octanol–water partition coefficient (Wildman–Crippen LogP) is 6.83. The van der Waals surface area contributed by atoms with E-state index in [-0.39, 0.29) is 5.91 Å². The zero-order valence-electron chi connectivity index (χ0n) is 19.2. The number of hydrogen-bond acceptors (Lipinski definition) is 4. The monoisotopic (exact) mass is 456 g/mol. The van der Waals surface area contributed by atoms with Crippen LogP contribution < -0.4 is 4.74 Å². The van der Waals surface area contributed by atoms with Gasteiger partial charge >= 0.3 is 0 Å². The topological polar surface area (TPSA) is 41.9 Å². The molecular formula is C28H28N2O2S. The molecule has 168 valence electrons. The fourth-order valence-electron chi connectivity index (χ4n) is 3.40. The van der Waals surface area contributed by atoms with Gasteiger partial charge in [-0.15, -0.1) is 0 Å². The number of nitrogens with zero attached hydrogens (tertiary/aromatic N) is 2. The predicted molar refractivity (Wildman–Crippen MR) is 138 cm³/mol. The van der Waals surface area contributed by atoms with Crippen LogP contribution in [-0.2, 0) is 11.4 Å². The van der Waals surface area contributed by atoms with Crippen LogP contribution in [0.5, 0.6) is 5.75 Å². The molecule has 1 aliphatic rings. The number of ether oxygens (including phenoxy) is 1. The Morgan fingerprint density at radius 3 is 2.33 bits per heavy atom. The first-order chi connectivity index (χ1) is 16.0. The second-order valence-electron chi connectivity index (χ2n) is 8.49. The van der Waals surface area contributed by atoms with Crippen LogP contribution in [0.25, 0.3) is 6.08 Å². The van der Waals surface area contributed by atoms with Gasteiger partial charge in [0.25, 0.3) is 5.91 Å². The van der Waals surface area contributed by atoms with Crippen LogP contribution in [-0.4, -0.2) is 22.5 Å². The average molecular weight is 457 g/mol. The largest absolute Gasteiger partial charge is 0.489 e. The average Bonchev–Trinajstić information content (AvgIpc) is 3.09. The van der Waals surface area contributed by atoms with E-state index >= 15 is 0 Å². The van der Waals surface area contributed by atoms with Gasteiger partial charge in [-0.2, -0.15) is 0 Å². The zero-order chi connectivity index (χ0) is 23.2. The van der Waals surface area contributed by atoms with Crippen molar-refractivity contribution in [2.45, 2.75) is 27.4 Å². The molecule has 0 N–H and O–H groups in total. The van der Waals surface area contributed by atoms with E-state index in [0.29, 0.717) is 24.0 Å². The smallest absolute Gasteiger partial charge is 0.266 e. The lowest BCUT2D eigenvalue weighted by Gasteiger charge is -2.17. The molecule has 1 heterocycles. The summed E-state index contributed by atoms with van der Waals surface area (Å²) in [7, 11) is 0. The highest BCUT2D eigenvalue weighted by atomic mass is 32.2. The Balaban J connectivity index is 1.50. The Kier molecular flexibility index (Phi) is 7.30. The van der Waals surface area contributed by atoms with Gasteiger partial charge in [-0.25, -0.2) is 4.99 Å². The Labute approximate surface area is 200 Å². The van der Waals surface area contributed by atoms with Gasteiger partial charge in [0.15, 0.2) is 5.17 Å². The van der Waals surface area contributed by atoms with Crippen molar-refractivity contribution >= 4 is 34.6 Å². The molecule has 0 aromatic heterocycles. The van der Waals surface area contributed by atoms with Crippen molar-refractivity contribution < 1.29 is 9.53 Å². The summed E-state index contributed by atoms with van der Waals surface area (Å²) in [5.74, 6) is 1.15. The summed E-state index contributed by atoms with van der Waals surface area (Å²) in [4.78, 5) is 20.4. The number of hydrogen-bond donors (Lipinski definition) is 0. The normalized spacial score (nSPS) is 16.2. The molecule has 33 heavy (non-hydrogen) atoms. The van der Waals surface area contributed by atoms with Crippen molar-refractivity contribution in [3.05, 3.63) is 100 Å². The first kappa shape index (κ1) is 22.9. The second kappa shape index (κ2) is 10.5. The van der Waals surface area contributed by atoms with Gasteiger partial charge in [0.05, 0.1) is 10.6 Å². The van der Waals surface area contributed by atoms with Crippen molar-refractivity contribution in [3.63, 3.8) is 0 Å². The third kappa shape index (κ3) is 6.14. The van der Waals surface area contributed by atoms with Gasteiger partial charge in [0.2, 0.25) is 0 Å². The molecule has 0 aliphatic carbocycles. The van der Waals surface area contributed by atoms with E-state index < -0.39 is 0 Å². The molecule has 1 saturated heterocycles. The van der Waals surface area contributed by atoms with Gasteiger partial charge in [-0.1, -0.05) is 74.0 Å². The molecule has 1 aliphatic heterocycles. The molecular weight excluding hydrogens is 428 g/mol. The lowest BCUT2D eigenvalue weighted by atomic mass is 10.2. The molecule has 3 aromatic rings. The molecule has 0 radical (unpaired) electrons. The summed E-state index contributed by atoms with van der Waals surface area (Å²) < 4.78 is 5.87. The standard InChI is InChI=1S/C28H28N2O2S/c1-20(2)18-30-27(31)26(33-28(30)29-24-13-9-21(3)10-14-24)17-22-11-15-25(16-12-22)32-19-23-7-5-4-6-8-23/h4-17,20H,18-19H2,1-3H3/b26-17+,29-28?. The molecule has 1 amide bonds. The molecule has 1 fully saturated rings. The first-order valence-electron chi connectivity index (χ1n) is 11.1. The van der Waals surface area contributed by atoms with E-state index in [0.717, 1.165) is 27.7 Å². The van der Waals surface area contributed by atoms with Gasteiger partial charge in [0, 0.05) is 6.54 Å². The van der Waals surface area contributed by atoms with E-state index in [1.165, 1.54) is 17.3 Å². The van der Waals surface area contributed by atoms with Crippen molar-refractivity contribution in [3.8, 4) is 5.75 Å². The molecule has 0 atom stereocenters. The number of amides is 1. The van der Waals surface area contributed by atoms with Crippen molar-refractivity contribution in [2.75, 3.05) is 6.54 Å². The molecule has 4 rings (SSSR count). The number of rotatable bonds is 7. The highest BCUT2D eigenvalue weighted by Crippen LogP contribution is 2.35. The van der Waals surface area contributed by atoms with Crippen LogP contribution >= 0.6 is 11.8 Å². The second-order valence-corrected chi connectivity index (χ2v) is 9.50. The van der Waals surface area contributed by atoms with Gasteiger partial charge in [-0.3, -0.25) is 9.69 Å². The summed E-state index contributed by atoms with van der Waals surface area (Å²) in [6.45, 7) is 7.43. The SMILES string of the molecule is Cc1ccc(N=C2S/C(=C/c3ccc(OCc4ccccc4)cc3)C(=O)N2CC(C)C)cc1. The fourth-order valence-corrected chi connectivity index (χ4v) is 4.41. The van der Waals surface area contributed by atoms with Gasteiger partial charge < -0.3 is 4.74 Å². The fraction of sp³-hybridized carbons (Fsp3) is 0.214. The molecule has 0 bridgehead atoms. The number of aliphatic imine (C=N–C) groups is 1. The maximum atomic E-state index is 13.2. The number of benzene rings is 3. The highest BCUT2D eigenvalue weighted by molar-refractivity contribution is 8.18. The molecule has 0 unspecified atom stereocenters. The summed E-state index contributed by atoms with van der Waals surface area (Å²) >= 11 is 1.43. The minimum Gasteiger partial charge on any atom is -0.489 e. The van der Waals surface area contributed by atoms with Crippen LogP contribution in [0.15, 0.2) is 88.8 Å². The van der Waals surface area contributed by atoms with E-state index in [1.54, 1.807) is 4.90 Å². The summed E-state index contributed by atoms with van der Waals surface area (Å²) in [6, 6.07) is 25.9. The third-order valence-corrected chi connectivity index (χ3v) is 6.13. The summed E-state index contributed by atoms with van der Waals surface area (Å²) in [6.07, 6.45) is 1.93. The number of aryl methyl sites for hydroxylation is 1. The number of amidine groups is 1. The van der Waals surface area contributed by atoms with Crippen molar-refractivity contribution in [2.24, 2.45) is 10.9 Å². The Hall–Kier alpha value is -3.31. The molecule has 0 spiro atoms.